The van der Waals surface area contributed by atoms with Crippen LogP contribution in [0.15, 0.2) is 39.3 Å². The summed E-state index contributed by atoms with van der Waals surface area (Å²) < 4.78 is 9.34. The average molecular weight is 375 g/mol. The van der Waals surface area contributed by atoms with E-state index >= 15 is 0 Å². The molecule has 0 saturated heterocycles. The first kappa shape index (κ1) is 15.8. The summed E-state index contributed by atoms with van der Waals surface area (Å²) in [5.74, 6) is 0.625. The third-order valence-electron chi connectivity index (χ3n) is 3.42. The molecule has 0 aliphatic carbocycles. The van der Waals surface area contributed by atoms with E-state index in [0.717, 1.165) is 10.2 Å². The molecule has 0 spiro atoms. The second kappa shape index (κ2) is 6.29. The van der Waals surface area contributed by atoms with Crippen LogP contribution in [0, 0.1) is 0 Å². The molecule has 0 amide bonds. The highest BCUT2D eigenvalue weighted by Crippen LogP contribution is 2.31. The first-order valence-corrected chi connectivity index (χ1v) is 8.86. The summed E-state index contributed by atoms with van der Waals surface area (Å²) in [6.45, 7) is 1.95. The molecule has 0 aliphatic heterocycles. The van der Waals surface area contributed by atoms with Gasteiger partial charge < -0.3 is 14.7 Å². The van der Waals surface area contributed by atoms with Gasteiger partial charge in [0.05, 0.1) is 6.20 Å². The van der Waals surface area contributed by atoms with Crippen LogP contribution in [0.25, 0.3) is 11.5 Å². The van der Waals surface area contributed by atoms with E-state index in [2.05, 4.69) is 30.7 Å². The Bertz CT molecular complexity index is 1000. The molecule has 12 heteroatoms. The van der Waals surface area contributed by atoms with Crippen molar-refractivity contribution < 1.29 is 4.42 Å². The molecular formula is C13H13N9OS2. The predicted molar refractivity (Wildman–Crippen MR) is 91.0 cm³/mol. The summed E-state index contributed by atoms with van der Waals surface area (Å²) in [5, 5.41) is 26.7. The Morgan fingerprint density at radius 2 is 2.12 bits per heavy atom. The zero-order valence-corrected chi connectivity index (χ0v) is 14.9. The summed E-state index contributed by atoms with van der Waals surface area (Å²) in [6.07, 6.45) is 3.44. The molecule has 0 unspecified atom stereocenters. The molecule has 25 heavy (non-hydrogen) atoms. The number of nitrogens with two attached hydrogens (primary N) is 1. The molecule has 128 valence electrons. The lowest BCUT2D eigenvalue weighted by Gasteiger charge is -2.05. The lowest BCUT2D eigenvalue weighted by atomic mass is 10.3. The van der Waals surface area contributed by atoms with Crippen molar-refractivity contribution in [3.05, 3.63) is 29.7 Å². The SMILES string of the molecule is C[C@H](c1nnc(N)s1)n1cc(-c2ccc(Sc3nncn3C)o2)nn1. The van der Waals surface area contributed by atoms with Gasteiger partial charge in [-0.2, -0.15) is 0 Å². The molecule has 4 aromatic heterocycles. The van der Waals surface area contributed by atoms with Gasteiger partial charge in [0.15, 0.2) is 16.0 Å². The second-order valence-electron chi connectivity index (χ2n) is 5.18. The molecule has 10 nitrogen and oxygen atoms in total. The van der Waals surface area contributed by atoms with Crippen molar-refractivity contribution in [1.29, 1.82) is 0 Å². The summed E-state index contributed by atoms with van der Waals surface area (Å²) >= 11 is 2.71. The third kappa shape index (κ3) is 3.13. The van der Waals surface area contributed by atoms with Crippen LogP contribution in [0.4, 0.5) is 5.13 Å². The number of nitrogen functional groups attached to an aromatic ring is 1. The summed E-state index contributed by atoms with van der Waals surface area (Å²) in [7, 11) is 1.87. The number of hydrogen-bond donors (Lipinski definition) is 1. The van der Waals surface area contributed by atoms with E-state index in [1.807, 2.05) is 30.7 Å². The van der Waals surface area contributed by atoms with Crippen molar-refractivity contribution in [2.24, 2.45) is 7.05 Å². The van der Waals surface area contributed by atoms with Gasteiger partial charge in [-0.15, -0.1) is 25.5 Å². The maximum atomic E-state index is 5.82. The molecule has 0 saturated carbocycles. The molecule has 0 aliphatic rings. The number of furan rings is 1. The van der Waals surface area contributed by atoms with E-state index in [4.69, 9.17) is 10.2 Å². The maximum absolute atomic E-state index is 5.82. The van der Waals surface area contributed by atoms with Crippen molar-refractivity contribution >= 4 is 28.2 Å². The van der Waals surface area contributed by atoms with Crippen LogP contribution >= 0.6 is 23.1 Å². The standard InChI is InChI=1S/C13H13N9OS2/c1-7(11-17-18-12(14)25-11)22-5-8(16-20-22)9-3-4-10(23-9)24-13-19-15-6-21(13)2/h3-7H,1-2H3,(H2,14,18)/t7-/m1/s1. The maximum Gasteiger partial charge on any atom is 0.203 e. The van der Waals surface area contributed by atoms with Gasteiger partial charge in [0.25, 0.3) is 0 Å². The van der Waals surface area contributed by atoms with Crippen molar-refractivity contribution in [3.63, 3.8) is 0 Å². The van der Waals surface area contributed by atoms with Gasteiger partial charge in [-0.1, -0.05) is 16.6 Å². The number of aromatic nitrogens is 8. The zero-order valence-electron chi connectivity index (χ0n) is 13.3. The topological polar surface area (TPSA) is 126 Å². The third-order valence-corrected chi connectivity index (χ3v) is 5.31. The Kier molecular flexibility index (Phi) is 3.97. The Morgan fingerprint density at radius 3 is 2.84 bits per heavy atom. The molecule has 0 bridgehead atoms. The normalized spacial score (nSPS) is 12.6. The number of rotatable bonds is 5. The van der Waals surface area contributed by atoms with Gasteiger partial charge in [0.1, 0.15) is 23.1 Å². The Labute approximate surface area is 150 Å². The quantitative estimate of drug-likeness (QED) is 0.556. The first-order valence-electron chi connectivity index (χ1n) is 7.23. The molecule has 1 atom stereocenters. The largest absolute Gasteiger partial charge is 0.448 e. The van der Waals surface area contributed by atoms with Gasteiger partial charge in [0, 0.05) is 7.05 Å². The highest BCUT2D eigenvalue weighted by atomic mass is 32.2. The van der Waals surface area contributed by atoms with E-state index in [1.54, 1.807) is 17.2 Å². The summed E-state index contributed by atoms with van der Waals surface area (Å²) in [5.41, 5.74) is 6.26. The van der Waals surface area contributed by atoms with E-state index in [1.165, 1.54) is 23.1 Å². The minimum Gasteiger partial charge on any atom is -0.448 e. The van der Waals surface area contributed by atoms with Crippen LogP contribution in [0.1, 0.15) is 18.0 Å². The van der Waals surface area contributed by atoms with Crippen LogP contribution in [-0.2, 0) is 7.05 Å². The van der Waals surface area contributed by atoms with Crippen LogP contribution < -0.4 is 5.73 Å². The van der Waals surface area contributed by atoms with Crippen LogP contribution in [0.3, 0.4) is 0 Å². The molecule has 4 heterocycles. The predicted octanol–water partition coefficient (Wildman–Crippen LogP) is 1.86. The van der Waals surface area contributed by atoms with Gasteiger partial charge in [-0.3, -0.25) is 0 Å². The van der Waals surface area contributed by atoms with Gasteiger partial charge in [-0.25, -0.2) is 4.68 Å². The summed E-state index contributed by atoms with van der Waals surface area (Å²) in [4.78, 5) is 0. The minimum atomic E-state index is -0.112. The molecule has 0 fully saturated rings. The molecule has 4 aromatic rings. The monoisotopic (exact) mass is 375 g/mol. The lowest BCUT2D eigenvalue weighted by Crippen LogP contribution is -2.07. The van der Waals surface area contributed by atoms with Gasteiger partial charge in [-0.05, 0) is 30.8 Å². The fraction of sp³-hybridized carbons (Fsp3) is 0.231. The number of aryl methyl sites for hydroxylation is 1. The Morgan fingerprint density at radius 1 is 1.24 bits per heavy atom. The van der Waals surface area contributed by atoms with Crippen molar-refractivity contribution in [1.82, 2.24) is 40.0 Å². The Balaban J connectivity index is 1.53. The first-order chi connectivity index (χ1) is 12.1. The van der Waals surface area contributed by atoms with E-state index < -0.39 is 0 Å². The van der Waals surface area contributed by atoms with Crippen molar-refractivity contribution in [2.45, 2.75) is 23.2 Å². The highest BCUT2D eigenvalue weighted by Gasteiger charge is 2.17. The molecule has 0 aromatic carbocycles. The van der Waals surface area contributed by atoms with Crippen molar-refractivity contribution in [3.8, 4) is 11.5 Å². The molecular weight excluding hydrogens is 362 g/mol. The van der Waals surface area contributed by atoms with E-state index in [9.17, 15) is 0 Å². The fourth-order valence-electron chi connectivity index (χ4n) is 2.08. The van der Waals surface area contributed by atoms with Gasteiger partial charge in [0.2, 0.25) is 5.13 Å². The Hall–Kier alpha value is -2.73. The zero-order chi connectivity index (χ0) is 17.4. The van der Waals surface area contributed by atoms with E-state index in [-0.39, 0.29) is 6.04 Å². The molecule has 2 N–H and O–H groups in total. The lowest BCUT2D eigenvalue weighted by molar-refractivity contribution is 0.485. The molecule has 0 radical (unpaired) electrons. The number of nitrogens with zero attached hydrogens (tertiary/aromatic N) is 8. The number of hydrogen-bond acceptors (Lipinski definition) is 10. The minimum absolute atomic E-state index is 0.112. The van der Waals surface area contributed by atoms with E-state index in [0.29, 0.717) is 21.7 Å². The molecule has 4 rings (SSSR count). The van der Waals surface area contributed by atoms with Crippen LogP contribution in [0.5, 0.6) is 0 Å². The average Bonchev–Trinajstić information content (AvgIpc) is 3.36. The van der Waals surface area contributed by atoms with Crippen LogP contribution in [-0.4, -0.2) is 40.0 Å². The second-order valence-corrected chi connectivity index (χ2v) is 7.20. The highest BCUT2D eigenvalue weighted by molar-refractivity contribution is 7.99. The van der Waals surface area contributed by atoms with Crippen LogP contribution in [0.2, 0.25) is 0 Å². The van der Waals surface area contributed by atoms with Gasteiger partial charge >= 0.3 is 0 Å². The fourth-order valence-corrected chi connectivity index (χ4v) is 3.46. The summed E-state index contributed by atoms with van der Waals surface area (Å²) in [6, 6.07) is 3.60. The van der Waals surface area contributed by atoms with Crippen molar-refractivity contribution in [2.75, 3.05) is 5.73 Å². The number of anilines is 1. The smallest absolute Gasteiger partial charge is 0.203 e.